The third-order valence-electron chi connectivity index (χ3n) is 4.70. The van der Waals surface area contributed by atoms with Crippen LogP contribution in [0.1, 0.15) is 30.1 Å². The maximum absolute atomic E-state index is 13.5. The predicted octanol–water partition coefficient (Wildman–Crippen LogP) is 3.46. The van der Waals surface area contributed by atoms with Gasteiger partial charge in [-0.1, -0.05) is 0 Å². The molecule has 0 bridgehead atoms. The van der Waals surface area contributed by atoms with Crippen LogP contribution in [0.4, 0.5) is 14.5 Å². The van der Waals surface area contributed by atoms with Crippen molar-refractivity contribution in [2.75, 3.05) is 24.5 Å². The first kappa shape index (κ1) is 18.1. The lowest BCUT2D eigenvalue weighted by Crippen LogP contribution is -2.44. The molecule has 2 aromatic rings. The number of halogens is 2. The molecule has 0 spiro atoms. The fourth-order valence-electron chi connectivity index (χ4n) is 3.24. The van der Waals surface area contributed by atoms with E-state index >= 15 is 0 Å². The van der Waals surface area contributed by atoms with Crippen LogP contribution in [0.5, 0.6) is 0 Å². The average molecular weight is 362 g/mol. The number of carbonyl (C=O) groups is 2. The Balaban J connectivity index is 1.65. The highest BCUT2D eigenvalue weighted by atomic mass is 19.2. The molecule has 1 saturated heterocycles. The standard InChI is InChI=1S/C19H20F2N2O3/c1-2-23(15-3-4-16(20)17(21)11-15)19(25)13-5-8-22(9-6-13)18(24)14-7-10-26-12-14/h3-4,7,10-13H,2,5-6,8-9H2,1H3. The van der Waals surface area contributed by atoms with Crippen molar-refractivity contribution in [3.05, 3.63) is 54.0 Å². The Kier molecular flexibility index (Phi) is 5.35. The summed E-state index contributed by atoms with van der Waals surface area (Å²) in [5, 5.41) is 0. The van der Waals surface area contributed by atoms with Crippen molar-refractivity contribution in [2.45, 2.75) is 19.8 Å². The molecule has 1 aliphatic rings. The van der Waals surface area contributed by atoms with Crippen LogP contribution in [0.25, 0.3) is 0 Å². The fourth-order valence-corrected chi connectivity index (χ4v) is 3.24. The number of benzene rings is 1. The van der Waals surface area contributed by atoms with Crippen LogP contribution < -0.4 is 4.90 Å². The van der Waals surface area contributed by atoms with Gasteiger partial charge in [-0.15, -0.1) is 0 Å². The Morgan fingerprint density at radius 3 is 2.50 bits per heavy atom. The van der Waals surface area contributed by atoms with Crippen molar-refractivity contribution >= 4 is 17.5 Å². The van der Waals surface area contributed by atoms with Gasteiger partial charge in [0.15, 0.2) is 11.6 Å². The first-order valence-electron chi connectivity index (χ1n) is 8.59. The Hall–Kier alpha value is -2.70. The van der Waals surface area contributed by atoms with Crippen molar-refractivity contribution in [1.82, 2.24) is 4.90 Å². The number of furan rings is 1. The topological polar surface area (TPSA) is 53.8 Å². The Morgan fingerprint density at radius 1 is 1.19 bits per heavy atom. The molecule has 138 valence electrons. The molecule has 0 unspecified atom stereocenters. The van der Waals surface area contributed by atoms with Crippen LogP contribution in [0, 0.1) is 17.6 Å². The zero-order chi connectivity index (χ0) is 18.7. The van der Waals surface area contributed by atoms with Crippen LogP contribution in [0.2, 0.25) is 0 Å². The molecule has 2 heterocycles. The largest absolute Gasteiger partial charge is 0.472 e. The Morgan fingerprint density at radius 2 is 1.92 bits per heavy atom. The number of rotatable bonds is 4. The number of nitrogens with zero attached hydrogens (tertiary/aromatic N) is 2. The maximum Gasteiger partial charge on any atom is 0.257 e. The summed E-state index contributed by atoms with van der Waals surface area (Å²) >= 11 is 0. The van der Waals surface area contributed by atoms with Gasteiger partial charge >= 0.3 is 0 Å². The minimum atomic E-state index is -0.978. The molecule has 1 aromatic heterocycles. The van der Waals surface area contributed by atoms with Gasteiger partial charge in [0.25, 0.3) is 5.91 Å². The number of hydrogen-bond donors (Lipinski definition) is 0. The molecule has 0 saturated carbocycles. The van der Waals surface area contributed by atoms with Crippen molar-refractivity contribution in [3.63, 3.8) is 0 Å². The van der Waals surface area contributed by atoms with Crippen LogP contribution in [0.3, 0.4) is 0 Å². The number of anilines is 1. The molecule has 0 radical (unpaired) electrons. The van der Waals surface area contributed by atoms with E-state index in [4.69, 9.17) is 4.42 Å². The molecule has 1 aromatic carbocycles. The molecular formula is C19H20F2N2O3. The van der Waals surface area contributed by atoms with Crippen molar-refractivity contribution in [2.24, 2.45) is 5.92 Å². The summed E-state index contributed by atoms with van der Waals surface area (Å²) in [5.74, 6) is -2.42. The quantitative estimate of drug-likeness (QED) is 0.837. The van der Waals surface area contributed by atoms with Gasteiger partial charge in [0.1, 0.15) is 6.26 Å². The summed E-state index contributed by atoms with van der Waals surface area (Å²) in [5.41, 5.74) is 0.833. The van der Waals surface area contributed by atoms with E-state index in [2.05, 4.69) is 0 Å². The lowest BCUT2D eigenvalue weighted by molar-refractivity contribution is -0.123. The molecule has 1 fully saturated rings. The van der Waals surface area contributed by atoms with E-state index < -0.39 is 11.6 Å². The van der Waals surface area contributed by atoms with E-state index in [0.717, 1.165) is 12.1 Å². The molecule has 3 rings (SSSR count). The van der Waals surface area contributed by atoms with E-state index in [1.807, 2.05) is 0 Å². The van der Waals surface area contributed by atoms with Crippen LogP contribution in [-0.4, -0.2) is 36.3 Å². The van der Waals surface area contributed by atoms with Gasteiger partial charge in [0.2, 0.25) is 5.91 Å². The number of piperidine rings is 1. The van der Waals surface area contributed by atoms with Crippen molar-refractivity contribution in [3.8, 4) is 0 Å². The van der Waals surface area contributed by atoms with E-state index in [1.165, 1.54) is 23.5 Å². The summed E-state index contributed by atoms with van der Waals surface area (Å²) in [4.78, 5) is 28.3. The fraction of sp³-hybridized carbons (Fsp3) is 0.368. The first-order valence-corrected chi connectivity index (χ1v) is 8.59. The average Bonchev–Trinajstić information content (AvgIpc) is 3.19. The van der Waals surface area contributed by atoms with Gasteiger partial charge in [-0.25, -0.2) is 8.78 Å². The van der Waals surface area contributed by atoms with Gasteiger partial charge in [0, 0.05) is 37.3 Å². The number of hydrogen-bond acceptors (Lipinski definition) is 3. The highest BCUT2D eigenvalue weighted by Crippen LogP contribution is 2.25. The van der Waals surface area contributed by atoms with E-state index in [9.17, 15) is 18.4 Å². The summed E-state index contributed by atoms with van der Waals surface area (Å²) in [6, 6.07) is 5.07. The minimum Gasteiger partial charge on any atom is -0.472 e. The third-order valence-corrected chi connectivity index (χ3v) is 4.70. The summed E-state index contributed by atoms with van der Waals surface area (Å²) < 4.78 is 31.6. The zero-order valence-corrected chi connectivity index (χ0v) is 14.5. The molecule has 26 heavy (non-hydrogen) atoms. The molecule has 0 atom stereocenters. The van der Waals surface area contributed by atoms with Crippen LogP contribution in [0.15, 0.2) is 41.2 Å². The maximum atomic E-state index is 13.5. The molecule has 0 aliphatic carbocycles. The van der Waals surface area contributed by atoms with Crippen molar-refractivity contribution < 1.29 is 22.8 Å². The van der Waals surface area contributed by atoms with Gasteiger partial charge in [-0.05, 0) is 38.0 Å². The van der Waals surface area contributed by atoms with E-state index in [1.54, 1.807) is 17.9 Å². The first-order chi connectivity index (χ1) is 12.5. The van der Waals surface area contributed by atoms with Gasteiger partial charge < -0.3 is 14.2 Å². The second kappa shape index (κ2) is 7.68. The highest BCUT2D eigenvalue weighted by Gasteiger charge is 2.31. The second-order valence-corrected chi connectivity index (χ2v) is 6.26. The van der Waals surface area contributed by atoms with Gasteiger partial charge in [-0.2, -0.15) is 0 Å². The van der Waals surface area contributed by atoms with Crippen molar-refractivity contribution in [1.29, 1.82) is 0 Å². The zero-order valence-electron chi connectivity index (χ0n) is 14.5. The smallest absolute Gasteiger partial charge is 0.257 e. The van der Waals surface area contributed by atoms with Gasteiger partial charge in [-0.3, -0.25) is 9.59 Å². The number of likely N-dealkylation sites (tertiary alicyclic amines) is 1. The van der Waals surface area contributed by atoms with Gasteiger partial charge in [0.05, 0.1) is 11.8 Å². The Bertz CT molecular complexity index is 784. The predicted molar refractivity (Wildman–Crippen MR) is 91.7 cm³/mol. The number of amides is 2. The highest BCUT2D eigenvalue weighted by molar-refractivity contribution is 5.96. The Labute approximate surface area is 150 Å². The molecule has 0 N–H and O–H groups in total. The second-order valence-electron chi connectivity index (χ2n) is 6.26. The van der Waals surface area contributed by atoms with Crippen LogP contribution in [-0.2, 0) is 4.79 Å². The lowest BCUT2D eigenvalue weighted by atomic mass is 9.94. The number of carbonyl (C=O) groups excluding carboxylic acids is 2. The monoisotopic (exact) mass is 362 g/mol. The molecular weight excluding hydrogens is 342 g/mol. The summed E-state index contributed by atoms with van der Waals surface area (Å²) in [6.45, 7) is 3.08. The molecule has 1 aliphatic heterocycles. The molecule has 7 heteroatoms. The third kappa shape index (κ3) is 3.61. The summed E-state index contributed by atoms with van der Waals surface area (Å²) in [7, 11) is 0. The van der Waals surface area contributed by atoms with E-state index in [-0.39, 0.29) is 17.7 Å². The SMILES string of the molecule is CCN(C(=O)C1CCN(C(=O)c2ccoc2)CC1)c1ccc(F)c(F)c1. The normalized spacial score (nSPS) is 15.1. The van der Waals surface area contributed by atoms with E-state index in [0.29, 0.717) is 43.7 Å². The lowest BCUT2D eigenvalue weighted by Gasteiger charge is -2.34. The summed E-state index contributed by atoms with van der Waals surface area (Å²) in [6.07, 6.45) is 3.91. The van der Waals surface area contributed by atoms with Crippen LogP contribution >= 0.6 is 0 Å². The minimum absolute atomic E-state index is 0.113. The molecule has 2 amide bonds. The molecule has 5 nitrogen and oxygen atoms in total.